The number of carbonyl (C=O) groups is 1. The number of anilines is 3. The first-order valence-corrected chi connectivity index (χ1v) is 8.92. The van der Waals surface area contributed by atoms with Gasteiger partial charge in [0.15, 0.2) is 11.5 Å². The maximum atomic E-state index is 12.6. The van der Waals surface area contributed by atoms with Crippen LogP contribution in [0.3, 0.4) is 0 Å². The quantitative estimate of drug-likeness (QED) is 0.735. The minimum atomic E-state index is -0.357. The van der Waals surface area contributed by atoms with Crippen molar-refractivity contribution in [3.63, 3.8) is 0 Å². The molecule has 28 heavy (non-hydrogen) atoms. The topological polar surface area (TPSA) is 76.6 Å². The number of para-hydroxylation sites is 1. The van der Waals surface area contributed by atoms with Crippen LogP contribution < -0.4 is 19.7 Å². The molecule has 7 nitrogen and oxygen atoms in total. The third-order valence-electron chi connectivity index (χ3n) is 4.70. The molecule has 0 radical (unpaired) electrons. The van der Waals surface area contributed by atoms with Crippen molar-refractivity contribution in [3.8, 4) is 11.5 Å². The first kappa shape index (κ1) is 17.8. The number of amides is 1. The van der Waals surface area contributed by atoms with E-state index in [1.807, 2.05) is 18.2 Å². The van der Waals surface area contributed by atoms with Crippen LogP contribution in [0, 0.1) is 0 Å². The number of ether oxygens (including phenoxy) is 2. The van der Waals surface area contributed by atoms with Gasteiger partial charge >= 0.3 is 0 Å². The van der Waals surface area contributed by atoms with E-state index in [4.69, 9.17) is 9.47 Å². The van der Waals surface area contributed by atoms with E-state index in [0.717, 1.165) is 24.5 Å². The minimum Gasteiger partial charge on any atom is -0.497 e. The molecule has 0 saturated heterocycles. The second kappa shape index (κ2) is 7.56. The SMILES string of the molecule is COc1ccc(NC(=O)c2ccc(N3CCc4ccccc43)nn2)c(OC)c1. The van der Waals surface area contributed by atoms with E-state index in [-0.39, 0.29) is 11.6 Å². The Hall–Kier alpha value is -3.61. The number of carbonyl (C=O) groups excluding carboxylic acids is 1. The van der Waals surface area contributed by atoms with Gasteiger partial charge in [-0.3, -0.25) is 4.79 Å². The lowest BCUT2D eigenvalue weighted by Gasteiger charge is -2.17. The third-order valence-corrected chi connectivity index (χ3v) is 4.70. The molecule has 1 aliphatic rings. The van der Waals surface area contributed by atoms with Gasteiger partial charge in [-0.25, -0.2) is 0 Å². The van der Waals surface area contributed by atoms with Gasteiger partial charge in [0.2, 0.25) is 0 Å². The summed E-state index contributed by atoms with van der Waals surface area (Å²) in [6.45, 7) is 0.850. The Balaban J connectivity index is 1.51. The second-order valence-corrected chi connectivity index (χ2v) is 6.33. The average Bonchev–Trinajstić information content (AvgIpc) is 3.18. The molecule has 2 heterocycles. The predicted octanol–water partition coefficient (Wildman–Crippen LogP) is 3.44. The third kappa shape index (κ3) is 3.34. The molecule has 0 spiro atoms. The number of methoxy groups -OCH3 is 2. The number of benzene rings is 2. The Kier molecular flexibility index (Phi) is 4.80. The van der Waals surface area contributed by atoms with E-state index in [1.165, 1.54) is 12.7 Å². The summed E-state index contributed by atoms with van der Waals surface area (Å²) in [6.07, 6.45) is 0.970. The van der Waals surface area contributed by atoms with E-state index in [2.05, 4.69) is 32.5 Å². The fourth-order valence-electron chi connectivity index (χ4n) is 3.25. The molecule has 1 amide bonds. The number of aromatic nitrogens is 2. The highest BCUT2D eigenvalue weighted by molar-refractivity contribution is 6.03. The summed E-state index contributed by atoms with van der Waals surface area (Å²) in [5, 5.41) is 11.2. The van der Waals surface area contributed by atoms with Gasteiger partial charge in [0.1, 0.15) is 11.5 Å². The predicted molar refractivity (Wildman–Crippen MR) is 107 cm³/mol. The number of nitrogens with one attached hydrogen (secondary N) is 1. The Morgan fingerprint density at radius 3 is 2.64 bits per heavy atom. The van der Waals surface area contributed by atoms with Gasteiger partial charge in [0.05, 0.1) is 19.9 Å². The molecular weight excluding hydrogens is 356 g/mol. The molecule has 1 N–H and O–H groups in total. The Morgan fingerprint density at radius 2 is 1.89 bits per heavy atom. The largest absolute Gasteiger partial charge is 0.497 e. The molecule has 0 aliphatic carbocycles. The molecule has 0 bridgehead atoms. The second-order valence-electron chi connectivity index (χ2n) is 6.33. The van der Waals surface area contributed by atoms with Crippen molar-refractivity contribution >= 4 is 23.1 Å². The lowest BCUT2D eigenvalue weighted by molar-refractivity contribution is 0.102. The van der Waals surface area contributed by atoms with Crippen molar-refractivity contribution in [3.05, 3.63) is 65.9 Å². The average molecular weight is 376 g/mol. The fraction of sp³-hybridized carbons (Fsp3) is 0.190. The van der Waals surface area contributed by atoms with Crippen LogP contribution in [0.4, 0.5) is 17.2 Å². The number of hydrogen-bond acceptors (Lipinski definition) is 6. The van der Waals surface area contributed by atoms with E-state index in [9.17, 15) is 4.79 Å². The highest BCUT2D eigenvalue weighted by atomic mass is 16.5. The summed E-state index contributed by atoms with van der Waals surface area (Å²) in [7, 11) is 3.11. The molecule has 142 valence electrons. The molecule has 4 rings (SSSR count). The van der Waals surface area contributed by atoms with Gasteiger partial charge in [0.25, 0.3) is 5.91 Å². The number of hydrogen-bond donors (Lipinski definition) is 1. The van der Waals surface area contributed by atoms with Gasteiger partial charge in [0, 0.05) is 18.3 Å². The smallest absolute Gasteiger partial charge is 0.276 e. The molecule has 0 saturated carbocycles. The summed E-state index contributed by atoms with van der Waals surface area (Å²) >= 11 is 0. The van der Waals surface area contributed by atoms with Crippen molar-refractivity contribution in [2.24, 2.45) is 0 Å². The van der Waals surface area contributed by atoms with Crippen molar-refractivity contribution < 1.29 is 14.3 Å². The maximum Gasteiger partial charge on any atom is 0.276 e. The van der Waals surface area contributed by atoms with Crippen LogP contribution in [0.1, 0.15) is 16.1 Å². The zero-order valence-corrected chi connectivity index (χ0v) is 15.7. The first-order chi connectivity index (χ1) is 13.7. The molecule has 7 heteroatoms. The Bertz CT molecular complexity index is 1000. The molecule has 1 aliphatic heterocycles. The molecule has 0 fully saturated rings. The Morgan fingerprint density at radius 1 is 1.04 bits per heavy atom. The summed E-state index contributed by atoms with van der Waals surface area (Å²) in [5.41, 5.74) is 3.19. The monoisotopic (exact) mass is 376 g/mol. The first-order valence-electron chi connectivity index (χ1n) is 8.92. The molecule has 3 aromatic rings. The van der Waals surface area contributed by atoms with E-state index in [0.29, 0.717) is 17.2 Å². The maximum absolute atomic E-state index is 12.6. The summed E-state index contributed by atoms with van der Waals surface area (Å²) in [6, 6.07) is 16.9. The van der Waals surface area contributed by atoms with Crippen LogP contribution in [0.15, 0.2) is 54.6 Å². The standard InChI is InChI=1S/C21H20N4O3/c1-27-15-7-8-16(19(13-15)28-2)22-21(26)17-9-10-20(24-23-17)25-12-11-14-5-3-4-6-18(14)25/h3-10,13H,11-12H2,1-2H3,(H,22,26). The van der Waals surface area contributed by atoms with Crippen LogP contribution in [-0.4, -0.2) is 36.9 Å². The van der Waals surface area contributed by atoms with Gasteiger partial charge in [-0.15, -0.1) is 10.2 Å². The summed E-state index contributed by atoms with van der Waals surface area (Å²) in [5.74, 6) is 1.52. The van der Waals surface area contributed by atoms with Crippen molar-refractivity contribution in [2.75, 3.05) is 31.0 Å². The lowest BCUT2D eigenvalue weighted by atomic mass is 10.2. The Labute approximate surface area is 162 Å². The molecule has 0 atom stereocenters. The fourth-order valence-corrected chi connectivity index (χ4v) is 3.25. The summed E-state index contributed by atoms with van der Waals surface area (Å²) < 4.78 is 10.5. The zero-order chi connectivity index (χ0) is 19.5. The van der Waals surface area contributed by atoms with E-state index in [1.54, 1.807) is 31.4 Å². The van der Waals surface area contributed by atoms with E-state index < -0.39 is 0 Å². The van der Waals surface area contributed by atoms with Crippen LogP contribution >= 0.6 is 0 Å². The summed E-state index contributed by atoms with van der Waals surface area (Å²) in [4.78, 5) is 14.7. The van der Waals surface area contributed by atoms with Gasteiger partial charge in [-0.1, -0.05) is 18.2 Å². The minimum absolute atomic E-state index is 0.231. The van der Waals surface area contributed by atoms with Gasteiger partial charge < -0.3 is 19.7 Å². The van der Waals surface area contributed by atoms with Crippen LogP contribution in [0.5, 0.6) is 11.5 Å². The molecular formula is C21H20N4O3. The highest BCUT2D eigenvalue weighted by Gasteiger charge is 2.21. The van der Waals surface area contributed by atoms with Crippen LogP contribution in [-0.2, 0) is 6.42 Å². The van der Waals surface area contributed by atoms with Gasteiger partial charge in [-0.2, -0.15) is 0 Å². The van der Waals surface area contributed by atoms with Crippen molar-refractivity contribution in [2.45, 2.75) is 6.42 Å². The molecule has 2 aromatic carbocycles. The normalized spacial score (nSPS) is 12.4. The molecule has 0 unspecified atom stereocenters. The number of fused-ring (bicyclic) bond motifs is 1. The van der Waals surface area contributed by atoms with Crippen molar-refractivity contribution in [1.82, 2.24) is 10.2 Å². The van der Waals surface area contributed by atoms with Gasteiger partial charge in [-0.05, 0) is 42.3 Å². The van der Waals surface area contributed by atoms with E-state index >= 15 is 0 Å². The lowest BCUT2D eigenvalue weighted by Crippen LogP contribution is -2.18. The highest BCUT2D eigenvalue weighted by Crippen LogP contribution is 2.33. The van der Waals surface area contributed by atoms with Crippen LogP contribution in [0.2, 0.25) is 0 Å². The van der Waals surface area contributed by atoms with Crippen LogP contribution in [0.25, 0.3) is 0 Å². The number of nitrogens with zero attached hydrogens (tertiary/aromatic N) is 3. The number of rotatable bonds is 5. The molecule has 1 aromatic heterocycles. The zero-order valence-electron chi connectivity index (χ0n) is 15.7. The van der Waals surface area contributed by atoms with Crippen molar-refractivity contribution in [1.29, 1.82) is 0 Å².